The molecule has 1 unspecified atom stereocenters. The summed E-state index contributed by atoms with van der Waals surface area (Å²) in [6.45, 7) is 7.56. The number of Topliss-reactive ketones (excluding diaryl/α,β-unsaturated/α-hetero) is 1. The lowest BCUT2D eigenvalue weighted by Crippen LogP contribution is -2.23. The topological polar surface area (TPSA) is 60.9 Å². The summed E-state index contributed by atoms with van der Waals surface area (Å²) in [7, 11) is 5.13. The van der Waals surface area contributed by atoms with Gasteiger partial charge in [-0.2, -0.15) is 0 Å². The fraction of sp³-hybridized carbons (Fsp3) is 0.280. The summed E-state index contributed by atoms with van der Waals surface area (Å²) in [5.74, 6) is 1.43. The molecular formula is C25H30N2O4. The van der Waals surface area contributed by atoms with Crippen molar-refractivity contribution in [2.24, 2.45) is 0 Å². The van der Waals surface area contributed by atoms with E-state index in [1.165, 1.54) is 25.2 Å². The van der Waals surface area contributed by atoms with E-state index in [4.69, 9.17) is 14.2 Å². The molecule has 0 radical (unpaired) electrons. The van der Waals surface area contributed by atoms with Gasteiger partial charge >= 0.3 is 0 Å². The van der Waals surface area contributed by atoms with E-state index in [2.05, 4.69) is 35.5 Å². The minimum absolute atomic E-state index is 0.0292. The number of rotatable bonds is 7. The Bertz CT molecular complexity index is 965. The average Bonchev–Trinajstić information content (AvgIpc) is 3.11. The zero-order chi connectivity index (χ0) is 22.8. The molecule has 0 bridgehead atoms. The molecule has 0 spiro atoms. The van der Waals surface area contributed by atoms with Crippen molar-refractivity contribution in [2.45, 2.75) is 20.1 Å². The van der Waals surface area contributed by atoms with Crippen LogP contribution in [0.2, 0.25) is 0 Å². The summed E-state index contributed by atoms with van der Waals surface area (Å²) in [5.41, 5.74) is 4.04. The maximum atomic E-state index is 11.2. The van der Waals surface area contributed by atoms with Crippen molar-refractivity contribution in [1.82, 2.24) is 4.98 Å². The summed E-state index contributed by atoms with van der Waals surface area (Å²) < 4.78 is 15.8. The van der Waals surface area contributed by atoms with Gasteiger partial charge in [0.2, 0.25) is 0 Å². The van der Waals surface area contributed by atoms with E-state index in [9.17, 15) is 4.79 Å². The Morgan fingerprint density at radius 3 is 2.61 bits per heavy atom. The molecule has 0 saturated carbocycles. The number of methoxy groups -OCH3 is 2. The van der Waals surface area contributed by atoms with Crippen LogP contribution in [0.15, 0.2) is 78.9 Å². The third-order valence-corrected chi connectivity index (χ3v) is 4.80. The first kappa shape index (κ1) is 23.9. The first-order valence-corrected chi connectivity index (χ1v) is 9.90. The third-order valence-electron chi connectivity index (χ3n) is 4.80. The zero-order valence-corrected chi connectivity index (χ0v) is 18.8. The predicted molar refractivity (Wildman–Crippen MR) is 123 cm³/mol. The average molecular weight is 423 g/mol. The van der Waals surface area contributed by atoms with E-state index in [0.717, 1.165) is 11.4 Å². The standard InChI is InChI=1S/C14H14N2O.C11H16O3/c1-10-5-3-4-6-11(10)14-16(2)12-9-15-8-7-13(12)17-14;1-5-11(14-4)8-10(9(2)12)6-7-13-3/h3-9,14H,1-2H3;5-6,8H,1,7H2,2-4H3/b;10-6+,11-8+. The van der Waals surface area contributed by atoms with Crippen molar-refractivity contribution in [1.29, 1.82) is 0 Å². The van der Waals surface area contributed by atoms with Gasteiger partial charge in [0.15, 0.2) is 12.0 Å². The van der Waals surface area contributed by atoms with Crippen LogP contribution in [0.1, 0.15) is 24.3 Å². The second-order valence-corrected chi connectivity index (χ2v) is 6.91. The molecule has 0 fully saturated rings. The smallest absolute Gasteiger partial charge is 0.199 e. The highest BCUT2D eigenvalue weighted by Crippen LogP contribution is 2.41. The highest BCUT2D eigenvalue weighted by molar-refractivity contribution is 5.96. The molecule has 1 aliphatic rings. The van der Waals surface area contributed by atoms with Crippen molar-refractivity contribution < 1.29 is 19.0 Å². The van der Waals surface area contributed by atoms with Gasteiger partial charge in [-0.3, -0.25) is 9.78 Å². The molecule has 1 atom stereocenters. The molecule has 2 heterocycles. The minimum Gasteiger partial charge on any atom is -0.497 e. The number of nitrogens with zero attached hydrogens (tertiary/aromatic N) is 2. The summed E-state index contributed by atoms with van der Waals surface area (Å²) in [5, 5.41) is 0. The molecule has 6 heteroatoms. The van der Waals surface area contributed by atoms with Crippen LogP contribution in [0, 0.1) is 6.92 Å². The Kier molecular flexibility index (Phi) is 9.03. The summed E-state index contributed by atoms with van der Waals surface area (Å²) in [6.07, 6.45) is 8.43. The third kappa shape index (κ3) is 6.30. The summed E-state index contributed by atoms with van der Waals surface area (Å²) >= 11 is 0. The van der Waals surface area contributed by atoms with E-state index >= 15 is 0 Å². The van der Waals surface area contributed by atoms with Gasteiger partial charge in [0, 0.05) is 37.6 Å². The second-order valence-electron chi connectivity index (χ2n) is 6.91. The molecule has 6 nitrogen and oxygen atoms in total. The van der Waals surface area contributed by atoms with Crippen molar-refractivity contribution in [3.63, 3.8) is 0 Å². The lowest BCUT2D eigenvalue weighted by Gasteiger charge is -2.22. The molecule has 1 aromatic heterocycles. The van der Waals surface area contributed by atoms with Crippen LogP contribution < -0.4 is 9.64 Å². The number of aryl methyl sites for hydroxylation is 1. The normalized spacial score (nSPS) is 15.4. The lowest BCUT2D eigenvalue weighted by molar-refractivity contribution is -0.113. The van der Waals surface area contributed by atoms with Gasteiger partial charge in [0.25, 0.3) is 0 Å². The number of allylic oxidation sites excluding steroid dienone is 3. The number of pyridine rings is 1. The van der Waals surface area contributed by atoms with E-state index in [1.807, 2.05) is 31.4 Å². The van der Waals surface area contributed by atoms with E-state index in [0.29, 0.717) is 17.9 Å². The van der Waals surface area contributed by atoms with E-state index in [-0.39, 0.29) is 12.0 Å². The number of fused-ring (bicyclic) bond motifs is 1. The predicted octanol–water partition coefficient (Wildman–Crippen LogP) is 4.78. The molecule has 3 rings (SSSR count). The number of hydrogen-bond acceptors (Lipinski definition) is 6. The van der Waals surface area contributed by atoms with Crippen LogP contribution in [0.25, 0.3) is 0 Å². The highest BCUT2D eigenvalue weighted by atomic mass is 16.5. The quantitative estimate of drug-likeness (QED) is 0.363. The SMILES string of the molecule is C=C/C(=C\C(=C/COC)C(C)=O)OC.Cc1ccccc1C1Oc2ccncc2N1C. The van der Waals surface area contributed by atoms with E-state index < -0.39 is 0 Å². The number of benzene rings is 1. The number of hydrogen-bond donors (Lipinski definition) is 0. The fourth-order valence-corrected chi connectivity index (χ4v) is 3.03. The fourth-order valence-electron chi connectivity index (χ4n) is 3.03. The number of carbonyl (C=O) groups is 1. The molecule has 0 N–H and O–H groups in total. The van der Waals surface area contributed by atoms with Gasteiger partial charge in [-0.25, -0.2) is 0 Å². The number of ether oxygens (including phenoxy) is 3. The van der Waals surface area contributed by atoms with Gasteiger partial charge in [-0.05, 0) is 37.6 Å². The molecule has 0 aliphatic carbocycles. The van der Waals surface area contributed by atoms with Gasteiger partial charge in [0.05, 0.1) is 19.9 Å². The Morgan fingerprint density at radius 1 is 1.29 bits per heavy atom. The van der Waals surface area contributed by atoms with Gasteiger partial charge in [-0.15, -0.1) is 0 Å². The van der Waals surface area contributed by atoms with Crippen LogP contribution in [-0.2, 0) is 14.3 Å². The molecule has 2 aromatic rings. The van der Waals surface area contributed by atoms with Gasteiger partial charge in [0.1, 0.15) is 17.2 Å². The molecule has 31 heavy (non-hydrogen) atoms. The van der Waals surface area contributed by atoms with Crippen molar-refractivity contribution in [2.75, 3.05) is 32.8 Å². The van der Waals surface area contributed by atoms with Crippen LogP contribution in [-0.4, -0.2) is 38.6 Å². The van der Waals surface area contributed by atoms with E-state index in [1.54, 1.807) is 31.5 Å². The Morgan fingerprint density at radius 2 is 2.03 bits per heavy atom. The zero-order valence-electron chi connectivity index (χ0n) is 18.8. The minimum atomic E-state index is -0.0459. The van der Waals surface area contributed by atoms with Crippen LogP contribution >= 0.6 is 0 Å². The first-order valence-electron chi connectivity index (χ1n) is 9.90. The largest absolute Gasteiger partial charge is 0.497 e. The summed E-state index contributed by atoms with van der Waals surface area (Å²) in [4.78, 5) is 17.4. The van der Waals surface area contributed by atoms with Crippen molar-refractivity contribution in [3.05, 3.63) is 90.0 Å². The number of aromatic nitrogens is 1. The number of ketones is 1. The van der Waals surface area contributed by atoms with Crippen molar-refractivity contribution >= 4 is 11.5 Å². The Balaban J connectivity index is 0.000000226. The van der Waals surface area contributed by atoms with Crippen LogP contribution in [0.5, 0.6) is 5.75 Å². The molecule has 0 saturated heterocycles. The molecule has 1 aromatic carbocycles. The Labute approximate surface area is 184 Å². The molecule has 164 valence electrons. The molecule has 0 amide bonds. The maximum absolute atomic E-state index is 11.2. The van der Waals surface area contributed by atoms with Crippen molar-refractivity contribution in [3.8, 4) is 5.75 Å². The molecular weight excluding hydrogens is 392 g/mol. The van der Waals surface area contributed by atoms with Gasteiger partial charge in [-0.1, -0.05) is 30.8 Å². The summed E-state index contributed by atoms with van der Waals surface area (Å²) in [6, 6.07) is 10.2. The monoisotopic (exact) mass is 422 g/mol. The Hall–Kier alpha value is -3.38. The lowest BCUT2D eigenvalue weighted by atomic mass is 10.1. The highest BCUT2D eigenvalue weighted by Gasteiger charge is 2.30. The number of carbonyl (C=O) groups excluding carboxylic acids is 1. The second kappa shape index (κ2) is 11.7. The molecule has 1 aliphatic heterocycles. The number of anilines is 1. The first-order chi connectivity index (χ1) is 14.9. The van der Waals surface area contributed by atoms with Crippen LogP contribution in [0.3, 0.4) is 0 Å². The van der Waals surface area contributed by atoms with Gasteiger partial charge < -0.3 is 19.1 Å². The van der Waals surface area contributed by atoms with Crippen LogP contribution in [0.4, 0.5) is 5.69 Å². The maximum Gasteiger partial charge on any atom is 0.199 e.